The number of amides is 1. The Morgan fingerprint density at radius 2 is 2.04 bits per heavy atom. The molecule has 4 rings (SSSR count). The molecule has 7 heteroatoms. The van der Waals surface area contributed by atoms with E-state index in [1.165, 1.54) is 12.1 Å². The zero-order valence-electron chi connectivity index (χ0n) is 13.9. The molecule has 0 unspecified atom stereocenters. The van der Waals surface area contributed by atoms with Gasteiger partial charge in [-0.25, -0.2) is 4.39 Å². The number of benzene rings is 1. The van der Waals surface area contributed by atoms with E-state index in [4.69, 9.17) is 0 Å². The normalized spacial score (nSPS) is 14.9. The Morgan fingerprint density at radius 3 is 2.85 bits per heavy atom. The quantitative estimate of drug-likeness (QED) is 0.658. The van der Waals surface area contributed by atoms with E-state index in [9.17, 15) is 9.18 Å². The van der Waals surface area contributed by atoms with Crippen LogP contribution in [0.3, 0.4) is 0 Å². The number of pyridine rings is 2. The first-order valence-corrected chi connectivity index (χ1v) is 9.07. The second-order valence-corrected chi connectivity index (χ2v) is 7.13. The van der Waals surface area contributed by atoms with Gasteiger partial charge in [0.05, 0.1) is 17.7 Å². The lowest BCUT2D eigenvalue weighted by atomic mass is 10.1. The van der Waals surface area contributed by atoms with Crippen LogP contribution in [0.2, 0.25) is 0 Å². The minimum absolute atomic E-state index is 0.0163. The first-order valence-electron chi connectivity index (χ1n) is 8.27. The third kappa shape index (κ3) is 3.39. The molecule has 1 aromatic carbocycles. The maximum atomic E-state index is 13.4. The standard InChI is InChI=1S/C19H16BrFN4O/c20-14-9-16-19(23-10-14)17(4-5-22-16)24-6-7-25(18(26)12-24)11-13-2-1-3-15(21)8-13/h1-5,8-10H,6-7,11-12H2. The van der Waals surface area contributed by atoms with Gasteiger partial charge in [0.2, 0.25) is 5.91 Å². The van der Waals surface area contributed by atoms with Crippen LogP contribution in [-0.4, -0.2) is 40.4 Å². The molecule has 2 aromatic heterocycles. The van der Waals surface area contributed by atoms with Crippen molar-refractivity contribution in [1.29, 1.82) is 0 Å². The average molecular weight is 415 g/mol. The first kappa shape index (κ1) is 16.9. The van der Waals surface area contributed by atoms with Crippen molar-refractivity contribution >= 4 is 38.6 Å². The summed E-state index contributed by atoms with van der Waals surface area (Å²) < 4.78 is 14.2. The van der Waals surface area contributed by atoms with Crippen LogP contribution in [0.15, 0.2) is 53.3 Å². The van der Waals surface area contributed by atoms with Crippen molar-refractivity contribution in [2.45, 2.75) is 6.54 Å². The third-order valence-electron chi connectivity index (χ3n) is 4.44. The van der Waals surface area contributed by atoms with E-state index >= 15 is 0 Å². The summed E-state index contributed by atoms with van der Waals surface area (Å²) in [5, 5.41) is 0. The van der Waals surface area contributed by atoms with E-state index in [0.717, 1.165) is 26.8 Å². The number of rotatable bonds is 3. The molecular weight excluding hydrogens is 399 g/mol. The number of halogens is 2. The molecule has 0 spiro atoms. The van der Waals surface area contributed by atoms with Gasteiger partial charge in [-0.3, -0.25) is 14.8 Å². The number of piperazine rings is 1. The van der Waals surface area contributed by atoms with Gasteiger partial charge in [0.25, 0.3) is 0 Å². The molecule has 1 aliphatic rings. The molecule has 1 saturated heterocycles. The molecule has 1 amide bonds. The molecule has 0 bridgehead atoms. The summed E-state index contributed by atoms with van der Waals surface area (Å²) >= 11 is 3.40. The SMILES string of the molecule is O=C1CN(c2ccnc3cc(Br)cnc23)CCN1Cc1cccc(F)c1. The summed E-state index contributed by atoms with van der Waals surface area (Å²) in [5.41, 5.74) is 3.27. The molecule has 132 valence electrons. The predicted molar refractivity (Wildman–Crippen MR) is 101 cm³/mol. The van der Waals surface area contributed by atoms with Crippen molar-refractivity contribution in [3.05, 3.63) is 64.6 Å². The van der Waals surface area contributed by atoms with Gasteiger partial charge in [-0.05, 0) is 45.8 Å². The molecule has 3 heterocycles. The van der Waals surface area contributed by atoms with E-state index in [1.54, 1.807) is 23.4 Å². The Balaban J connectivity index is 1.53. The number of nitrogens with zero attached hydrogens (tertiary/aromatic N) is 4. The molecule has 0 atom stereocenters. The summed E-state index contributed by atoms with van der Waals surface area (Å²) in [5.74, 6) is -0.267. The highest BCUT2D eigenvalue weighted by Gasteiger charge is 2.25. The van der Waals surface area contributed by atoms with Gasteiger partial charge >= 0.3 is 0 Å². The van der Waals surface area contributed by atoms with Gasteiger partial charge < -0.3 is 9.80 Å². The fourth-order valence-electron chi connectivity index (χ4n) is 3.18. The van der Waals surface area contributed by atoms with E-state index in [1.807, 2.05) is 23.1 Å². The van der Waals surface area contributed by atoms with Crippen molar-refractivity contribution in [2.75, 3.05) is 24.5 Å². The summed E-state index contributed by atoms with van der Waals surface area (Å²) in [7, 11) is 0. The van der Waals surface area contributed by atoms with Crippen molar-refractivity contribution in [3.63, 3.8) is 0 Å². The summed E-state index contributed by atoms with van der Waals surface area (Å²) in [4.78, 5) is 25.2. The Morgan fingerprint density at radius 1 is 1.15 bits per heavy atom. The molecule has 1 fully saturated rings. The monoisotopic (exact) mass is 414 g/mol. The molecule has 0 N–H and O–H groups in total. The molecule has 3 aromatic rings. The van der Waals surface area contributed by atoms with Crippen LogP contribution in [0.4, 0.5) is 10.1 Å². The maximum absolute atomic E-state index is 13.4. The average Bonchev–Trinajstić information content (AvgIpc) is 2.63. The lowest BCUT2D eigenvalue weighted by Gasteiger charge is -2.35. The molecule has 5 nitrogen and oxygen atoms in total. The summed E-state index contributed by atoms with van der Waals surface area (Å²) in [6, 6.07) is 10.2. The van der Waals surface area contributed by atoms with Crippen molar-refractivity contribution in [2.24, 2.45) is 0 Å². The summed E-state index contributed by atoms with van der Waals surface area (Å²) in [6.07, 6.45) is 3.46. The molecule has 0 radical (unpaired) electrons. The van der Waals surface area contributed by atoms with Crippen LogP contribution in [0.5, 0.6) is 0 Å². The smallest absolute Gasteiger partial charge is 0.242 e. The number of fused-ring (bicyclic) bond motifs is 1. The van der Waals surface area contributed by atoms with E-state index in [2.05, 4.69) is 25.9 Å². The molecule has 0 saturated carbocycles. The lowest BCUT2D eigenvalue weighted by molar-refractivity contribution is -0.131. The topological polar surface area (TPSA) is 49.3 Å². The van der Waals surface area contributed by atoms with Gasteiger partial charge in [-0.15, -0.1) is 0 Å². The largest absolute Gasteiger partial charge is 0.359 e. The zero-order chi connectivity index (χ0) is 18.1. The van der Waals surface area contributed by atoms with Crippen LogP contribution in [0, 0.1) is 5.82 Å². The summed E-state index contributed by atoms with van der Waals surface area (Å²) in [6.45, 7) is 1.96. The second kappa shape index (κ2) is 6.99. The number of aromatic nitrogens is 2. The second-order valence-electron chi connectivity index (χ2n) is 6.22. The van der Waals surface area contributed by atoms with Gasteiger partial charge in [0.1, 0.15) is 11.3 Å². The number of carbonyl (C=O) groups is 1. The van der Waals surface area contributed by atoms with Crippen LogP contribution in [-0.2, 0) is 11.3 Å². The molecule has 0 aliphatic carbocycles. The van der Waals surface area contributed by atoms with Crippen LogP contribution >= 0.6 is 15.9 Å². The Hall–Kier alpha value is -2.54. The van der Waals surface area contributed by atoms with Crippen molar-refractivity contribution < 1.29 is 9.18 Å². The highest BCUT2D eigenvalue weighted by Crippen LogP contribution is 2.26. The number of carbonyl (C=O) groups excluding carboxylic acids is 1. The highest BCUT2D eigenvalue weighted by molar-refractivity contribution is 9.10. The fourth-order valence-corrected chi connectivity index (χ4v) is 3.50. The fraction of sp³-hybridized carbons (Fsp3) is 0.211. The van der Waals surface area contributed by atoms with E-state index < -0.39 is 0 Å². The Kier molecular flexibility index (Phi) is 4.55. The minimum atomic E-state index is -0.283. The van der Waals surface area contributed by atoms with Gasteiger partial charge in [0.15, 0.2) is 0 Å². The third-order valence-corrected chi connectivity index (χ3v) is 4.88. The number of hydrogen-bond donors (Lipinski definition) is 0. The van der Waals surface area contributed by atoms with E-state index in [0.29, 0.717) is 19.6 Å². The highest BCUT2D eigenvalue weighted by atomic mass is 79.9. The minimum Gasteiger partial charge on any atom is -0.359 e. The van der Waals surface area contributed by atoms with Gasteiger partial charge in [-0.2, -0.15) is 0 Å². The van der Waals surface area contributed by atoms with Crippen LogP contribution in [0.25, 0.3) is 11.0 Å². The lowest BCUT2D eigenvalue weighted by Crippen LogP contribution is -2.50. The van der Waals surface area contributed by atoms with E-state index in [-0.39, 0.29) is 18.3 Å². The van der Waals surface area contributed by atoms with Gasteiger partial charge in [-0.1, -0.05) is 12.1 Å². The van der Waals surface area contributed by atoms with Crippen molar-refractivity contribution in [3.8, 4) is 0 Å². The van der Waals surface area contributed by atoms with Crippen LogP contribution in [0.1, 0.15) is 5.56 Å². The number of anilines is 1. The molecular formula is C19H16BrFN4O. The molecule has 26 heavy (non-hydrogen) atoms. The van der Waals surface area contributed by atoms with Crippen molar-refractivity contribution in [1.82, 2.24) is 14.9 Å². The van der Waals surface area contributed by atoms with Gasteiger partial charge in [0, 0.05) is 36.5 Å². The zero-order valence-corrected chi connectivity index (χ0v) is 15.5. The van der Waals surface area contributed by atoms with Crippen LogP contribution < -0.4 is 4.90 Å². The molecule has 1 aliphatic heterocycles. The Labute approximate surface area is 158 Å². The maximum Gasteiger partial charge on any atom is 0.242 e. The first-order chi connectivity index (χ1) is 12.6. The number of hydrogen-bond acceptors (Lipinski definition) is 4. The Bertz CT molecular complexity index is 981. The predicted octanol–water partition coefficient (Wildman–Crippen LogP) is 3.38.